The molecule has 0 spiro atoms. The second-order valence-corrected chi connectivity index (χ2v) is 5.72. The average Bonchev–Trinajstić information content (AvgIpc) is 3.09. The van der Waals surface area contributed by atoms with E-state index in [0.29, 0.717) is 5.56 Å². The molecular weight excluding hydrogens is 280 g/mol. The molecule has 22 heavy (non-hydrogen) atoms. The van der Waals surface area contributed by atoms with Crippen molar-refractivity contribution >= 4 is 11.7 Å². The Morgan fingerprint density at radius 2 is 2.23 bits per heavy atom. The third-order valence-corrected chi connectivity index (χ3v) is 3.84. The molecule has 0 aliphatic carbocycles. The maximum Gasteiger partial charge on any atom is 0.252 e. The topological polar surface area (TPSA) is 75.9 Å². The van der Waals surface area contributed by atoms with Gasteiger partial charge in [-0.1, -0.05) is 0 Å². The molecule has 1 aliphatic rings. The van der Waals surface area contributed by atoms with E-state index in [4.69, 9.17) is 0 Å². The number of fused-ring (bicyclic) bond motifs is 1. The Labute approximate surface area is 129 Å². The number of rotatable bonds is 4. The minimum atomic E-state index is -0.178. The molecule has 0 radical (unpaired) electrons. The zero-order valence-corrected chi connectivity index (χ0v) is 13.1. The van der Waals surface area contributed by atoms with E-state index in [0.717, 1.165) is 36.9 Å². The molecule has 1 atom stereocenters. The van der Waals surface area contributed by atoms with E-state index in [9.17, 15) is 4.79 Å². The van der Waals surface area contributed by atoms with Gasteiger partial charge in [-0.2, -0.15) is 0 Å². The van der Waals surface area contributed by atoms with Crippen molar-refractivity contribution in [1.82, 2.24) is 25.1 Å². The largest absolute Gasteiger partial charge is 0.363 e. The van der Waals surface area contributed by atoms with Crippen LogP contribution in [0.5, 0.6) is 0 Å². The van der Waals surface area contributed by atoms with Crippen LogP contribution in [-0.4, -0.2) is 39.8 Å². The number of amides is 1. The van der Waals surface area contributed by atoms with Crippen LogP contribution in [0.4, 0.5) is 5.82 Å². The number of anilines is 1. The summed E-state index contributed by atoms with van der Waals surface area (Å²) in [5.74, 6) is 2.45. The predicted octanol–water partition coefficient (Wildman–Crippen LogP) is 1.18. The van der Waals surface area contributed by atoms with E-state index >= 15 is 0 Å². The fourth-order valence-electron chi connectivity index (χ4n) is 2.64. The quantitative estimate of drug-likeness (QED) is 0.917. The maximum absolute atomic E-state index is 12.4. The number of carbonyl (C=O) groups excluding carboxylic acids is 1. The molecule has 0 fully saturated rings. The highest BCUT2D eigenvalue weighted by molar-refractivity contribution is 5.95. The van der Waals surface area contributed by atoms with Gasteiger partial charge in [0.2, 0.25) is 0 Å². The number of hydrogen-bond donors (Lipinski definition) is 1. The molecule has 2 aromatic heterocycles. The van der Waals surface area contributed by atoms with Crippen molar-refractivity contribution in [2.24, 2.45) is 0 Å². The highest BCUT2D eigenvalue weighted by atomic mass is 16.1. The van der Waals surface area contributed by atoms with Crippen LogP contribution in [0.2, 0.25) is 0 Å². The first-order valence-corrected chi connectivity index (χ1v) is 7.42. The molecule has 1 aliphatic heterocycles. The summed E-state index contributed by atoms with van der Waals surface area (Å²) in [7, 11) is 3.79. The molecule has 1 amide bonds. The van der Waals surface area contributed by atoms with Crippen molar-refractivity contribution in [1.29, 1.82) is 0 Å². The molecule has 2 aromatic rings. The van der Waals surface area contributed by atoms with E-state index in [1.54, 1.807) is 18.3 Å². The third-order valence-electron chi connectivity index (χ3n) is 3.84. The lowest BCUT2D eigenvalue weighted by Crippen LogP contribution is -2.29. The summed E-state index contributed by atoms with van der Waals surface area (Å²) in [6.07, 6.45) is 3.70. The zero-order valence-electron chi connectivity index (χ0n) is 13.1. The highest BCUT2D eigenvalue weighted by Crippen LogP contribution is 2.19. The van der Waals surface area contributed by atoms with Crippen molar-refractivity contribution < 1.29 is 4.79 Å². The van der Waals surface area contributed by atoms with Crippen molar-refractivity contribution in [3.63, 3.8) is 0 Å². The summed E-state index contributed by atoms with van der Waals surface area (Å²) in [6.45, 7) is 2.86. The van der Waals surface area contributed by atoms with E-state index < -0.39 is 0 Å². The minimum absolute atomic E-state index is 0.131. The van der Waals surface area contributed by atoms with Crippen LogP contribution in [-0.2, 0) is 13.0 Å². The summed E-state index contributed by atoms with van der Waals surface area (Å²) in [4.78, 5) is 18.5. The summed E-state index contributed by atoms with van der Waals surface area (Å²) < 4.78 is 2.10. The van der Waals surface area contributed by atoms with Gasteiger partial charge in [-0.25, -0.2) is 4.98 Å². The molecule has 3 heterocycles. The van der Waals surface area contributed by atoms with Crippen LogP contribution in [0.1, 0.15) is 41.4 Å². The van der Waals surface area contributed by atoms with Crippen LogP contribution in [0.15, 0.2) is 18.3 Å². The molecule has 0 aromatic carbocycles. The Morgan fingerprint density at radius 1 is 1.41 bits per heavy atom. The van der Waals surface area contributed by atoms with Gasteiger partial charge in [0.25, 0.3) is 5.91 Å². The summed E-state index contributed by atoms with van der Waals surface area (Å²) in [6, 6.07) is 3.31. The van der Waals surface area contributed by atoms with Crippen LogP contribution in [0, 0.1) is 0 Å². The van der Waals surface area contributed by atoms with E-state index in [1.165, 1.54) is 0 Å². The molecule has 0 bridgehead atoms. The third kappa shape index (κ3) is 2.66. The fraction of sp³-hybridized carbons (Fsp3) is 0.467. The Kier molecular flexibility index (Phi) is 3.79. The lowest BCUT2D eigenvalue weighted by atomic mass is 10.2. The van der Waals surface area contributed by atoms with Crippen LogP contribution in [0.3, 0.4) is 0 Å². The fourth-order valence-corrected chi connectivity index (χ4v) is 2.64. The van der Waals surface area contributed by atoms with Gasteiger partial charge in [-0.15, -0.1) is 10.2 Å². The van der Waals surface area contributed by atoms with Gasteiger partial charge < -0.3 is 14.8 Å². The van der Waals surface area contributed by atoms with Gasteiger partial charge in [0, 0.05) is 38.8 Å². The molecule has 116 valence electrons. The second kappa shape index (κ2) is 5.75. The number of nitrogens with zero attached hydrogens (tertiary/aromatic N) is 5. The van der Waals surface area contributed by atoms with Gasteiger partial charge >= 0.3 is 0 Å². The Bertz CT molecular complexity index is 693. The number of pyridine rings is 1. The summed E-state index contributed by atoms with van der Waals surface area (Å²) in [5, 5.41) is 11.4. The number of aryl methyl sites for hydroxylation is 1. The van der Waals surface area contributed by atoms with E-state index in [-0.39, 0.29) is 11.9 Å². The average molecular weight is 300 g/mol. The normalized spacial score (nSPS) is 14.5. The van der Waals surface area contributed by atoms with Gasteiger partial charge in [-0.05, 0) is 25.5 Å². The number of carbonyl (C=O) groups is 1. The molecule has 0 saturated heterocycles. The van der Waals surface area contributed by atoms with Crippen LogP contribution >= 0.6 is 0 Å². The lowest BCUT2D eigenvalue weighted by Gasteiger charge is -2.15. The SMILES string of the molecule is C[C@@H](NC(=O)c1ccnc(N(C)C)c1)c1nnc2n1CCC2. The van der Waals surface area contributed by atoms with Gasteiger partial charge in [0.1, 0.15) is 11.6 Å². The van der Waals surface area contributed by atoms with Crippen molar-refractivity contribution in [3.05, 3.63) is 35.5 Å². The molecular formula is C15H20N6O. The first-order chi connectivity index (χ1) is 10.6. The molecule has 0 unspecified atom stereocenters. The van der Waals surface area contributed by atoms with Crippen LogP contribution in [0.25, 0.3) is 0 Å². The monoisotopic (exact) mass is 300 g/mol. The predicted molar refractivity (Wildman–Crippen MR) is 82.8 cm³/mol. The van der Waals surface area contributed by atoms with E-state index in [1.807, 2.05) is 25.9 Å². The second-order valence-electron chi connectivity index (χ2n) is 5.72. The molecule has 0 saturated carbocycles. The van der Waals surface area contributed by atoms with Crippen molar-refractivity contribution in [2.75, 3.05) is 19.0 Å². The minimum Gasteiger partial charge on any atom is -0.363 e. The van der Waals surface area contributed by atoms with Gasteiger partial charge in [-0.3, -0.25) is 4.79 Å². The van der Waals surface area contributed by atoms with Crippen molar-refractivity contribution in [2.45, 2.75) is 32.4 Å². The smallest absolute Gasteiger partial charge is 0.252 e. The zero-order chi connectivity index (χ0) is 15.7. The Morgan fingerprint density at radius 3 is 3.00 bits per heavy atom. The summed E-state index contributed by atoms with van der Waals surface area (Å²) >= 11 is 0. The van der Waals surface area contributed by atoms with Gasteiger partial charge in [0.05, 0.1) is 6.04 Å². The highest BCUT2D eigenvalue weighted by Gasteiger charge is 2.22. The van der Waals surface area contributed by atoms with Gasteiger partial charge in [0.15, 0.2) is 5.82 Å². The Hall–Kier alpha value is -2.44. The standard InChI is InChI=1S/C15H20N6O/c1-10(14-19-18-12-5-4-8-21(12)14)17-15(22)11-6-7-16-13(9-11)20(2)3/h6-7,9-10H,4-5,8H2,1-3H3,(H,17,22)/t10-/m1/s1. The Balaban J connectivity index is 1.75. The number of aromatic nitrogens is 4. The first kappa shape index (κ1) is 14.5. The van der Waals surface area contributed by atoms with E-state index in [2.05, 4.69) is 25.1 Å². The van der Waals surface area contributed by atoms with Crippen LogP contribution < -0.4 is 10.2 Å². The van der Waals surface area contributed by atoms with Crippen molar-refractivity contribution in [3.8, 4) is 0 Å². The molecule has 3 rings (SSSR count). The first-order valence-electron chi connectivity index (χ1n) is 7.42. The molecule has 7 heteroatoms. The maximum atomic E-state index is 12.4. The molecule has 7 nitrogen and oxygen atoms in total. The number of hydrogen-bond acceptors (Lipinski definition) is 5. The summed E-state index contributed by atoms with van der Waals surface area (Å²) in [5.41, 5.74) is 0.590. The number of nitrogens with one attached hydrogen (secondary N) is 1. The molecule has 1 N–H and O–H groups in total. The lowest BCUT2D eigenvalue weighted by molar-refractivity contribution is 0.0937.